The molecule has 1 aromatic carbocycles. The van der Waals surface area contributed by atoms with Gasteiger partial charge in [0.25, 0.3) is 5.89 Å². The molecule has 0 aliphatic heterocycles. The second kappa shape index (κ2) is 5.60. The van der Waals surface area contributed by atoms with Gasteiger partial charge in [-0.2, -0.15) is 4.98 Å². The summed E-state index contributed by atoms with van der Waals surface area (Å²) in [6.45, 7) is 2.50. The highest BCUT2D eigenvalue weighted by atomic mass is 16.5. The Bertz CT molecular complexity index is 675. The van der Waals surface area contributed by atoms with E-state index in [4.69, 9.17) is 4.52 Å². The van der Waals surface area contributed by atoms with Gasteiger partial charge in [-0.05, 0) is 29.0 Å². The third-order valence-electron chi connectivity index (χ3n) is 2.86. The fraction of sp³-hybridized carbons (Fsp3) is 0.308. The highest BCUT2D eigenvalue weighted by Crippen LogP contribution is 2.16. The average Bonchev–Trinajstić information content (AvgIpc) is 3.11. The van der Waals surface area contributed by atoms with E-state index in [0.29, 0.717) is 18.3 Å². The zero-order valence-electron chi connectivity index (χ0n) is 11.1. The van der Waals surface area contributed by atoms with E-state index < -0.39 is 0 Å². The van der Waals surface area contributed by atoms with Crippen LogP contribution >= 0.6 is 0 Å². The highest BCUT2D eigenvalue weighted by Gasteiger charge is 2.12. The molecule has 0 aliphatic rings. The predicted octanol–water partition coefficient (Wildman–Crippen LogP) is 1.72. The lowest BCUT2D eigenvalue weighted by Gasteiger charge is -1.98. The molecule has 2 aromatic heterocycles. The molecule has 0 radical (unpaired) electrons. The summed E-state index contributed by atoms with van der Waals surface area (Å²) < 4.78 is 6.95. The fourth-order valence-corrected chi connectivity index (χ4v) is 1.90. The molecule has 0 bridgehead atoms. The van der Waals surface area contributed by atoms with Crippen molar-refractivity contribution in [2.75, 3.05) is 0 Å². The van der Waals surface area contributed by atoms with Crippen molar-refractivity contribution in [1.29, 1.82) is 0 Å². The van der Waals surface area contributed by atoms with Crippen molar-refractivity contribution in [3.8, 4) is 11.5 Å². The van der Waals surface area contributed by atoms with E-state index in [1.54, 1.807) is 4.68 Å². The minimum atomic E-state index is 0.415. The maximum Gasteiger partial charge on any atom is 0.257 e. The molecule has 0 unspecified atom stereocenters. The van der Waals surface area contributed by atoms with Crippen molar-refractivity contribution in [3.05, 3.63) is 42.0 Å². The van der Waals surface area contributed by atoms with Gasteiger partial charge in [0.1, 0.15) is 6.54 Å². The van der Waals surface area contributed by atoms with Crippen molar-refractivity contribution in [2.24, 2.45) is 0 Å². The standard InChI is InChI=1S/C13H14N6O/c1-2-6-12-15-17-18-19(12)9-11-14-13(20-16-11)10-7-4-3-5-8-10/h3-5,7-8H,2,6,9H2,1H3. The summed E-state index contributed by atoms with van der Waals surface area (Å²) >= 11 is 0. The van der Waals surface area contributed by atoms with E-state index in [-0.39, 0.29) is 0 Å². The van der Waals surface area contributed by atoms with E-state index in [0.717, 1.165) is 24.2 Å². The van der Waals surface area contributed by atoms with Crippen LogP contribution in [0.2, 0.25) is 0 Å². The normalized spacial score (nSPS) is 10.8. The van der Waals surface area contributed by atoms with Gasteiger partial charge in [-0.25, -0.2) is 4.68 Å². The largest absolute Gasteiger partial charge is 0.334 e. The van der Waals surface area contributed by atoms with Crippen molar-refractivity contribution in [1.82, 2.24) is 30.3 Å². The number of hydrogen-bond donors (Lipinski definition) is 0. The maximum absolute atomic E-state index is 5.26. The lowest BCUT2D eigenvalue weighted by molar-refractivity contribution is 0.417. The highest BCUT2D eigenvalue weighted by molar-refractivity contribution is 5.51. The Hall–Kier alpha value is -2.57. The molecule has 0 aliphatic carbocycles. The third kappa shape index (κ3) is 2.56. The number of rotatable bonds is 5. The molecule has 2 heterocycles. The number of aryl methyl sites for hydroxylation is 1. The molecule has 3 rings (SSSR count). The molecule has 0 amide bonds. The Morgan fingerprint density at radius 3 is 2.85 bits per heavy atom. The number of aromatic nitrogens is 6. The summed E-state index contributed by atoms with van der Waals surface area (Å²) in [5.41, 5.74) is 0.900. The minimum Gasteiger partial charge on any atom is -0.334 e. The molecule has 0 spiro atoms. The topological polar surface area (TPSA) is 82.5 Å². The van der Waals surface area contributed by atoms with Crippen LogP contribution in [0.5, 0.6) is 0 Å². The summed E-state index contributed by atoms with van der Waals surface area (Å²) in [5.74, 6) is 1.90. The van der Waals surface area contributed by atoms with E-state index in [2.05, 4.69) is 32.6 Å². The predicted molar refractivity (Wildman–Crippen MR) is 70.6 cm³/mol. The first-order valence-electron chi connectivity index (χ1n) is 6.50. The second-order valence-electron chi connectivity index (χ2n) is 4.38. The smallest absolute Gasteiger partial charge is 0.257 e. The van der Waals surface area contributed by atoms with Gasteiger partial charge < -0.3 is 4.52 Å². The van der Waals surface area contributed by atoms with Crippen molar-refractivity contribution < 1.29 is 4.52 Å². The number of hydrogen-bond acceptors (Lipinski definition) is 6. The van der Waals surface area contributed by atoms with E-state index >= 15 is 0 Å². The molecule has 7 nitrogen and oxygen atoms in total. The molecule has 7 heteroatoms. The molecule has 20 heavy (non-hydrogen) atoms. The molecule has 0 saturated heterocycles. The first-order valence-corrected chi connectivity index (χ1v) is 6.50. The van der Waals surface area contributed by atoms with E-state index in [1.165, 1.54) is 0 Å². The third-order valence-corrected chi connectivity index (χ3v) is 2.86. The summed E-state index contributed by atoms with van der Waals surface area (Å²) in [4.78, 5) is 4.36. The Morgan fingerprint density at radius 2 is 2.05 bits per heavy atom. The monoisotopic (exact) mass is 270 g/mol. The number of tetrazole rings is 1. The van der Waals surface area contributed by atoms with Gasteiger partial charge in [-0.15, -0.1) is 5.10 Å². The Morgan fingerprint density at radius 1 is 1.20 bits per heavy atom. The van der Waals surface area contributed by atoms with Crippen LogP contribution in [0.1, 0.15) is 25.0 Å². The summed E-state index contributed by atoms with van der Waals surface area (Å²) in [7, 11) is 0. The van der Waals surface area contributed by atoms with Crippen molar-refractivity contribution in [3.63, 3.8) is 0 Å². The van der Waals surface area contributed by atoms with Gasteiger partial charge in [-0.3, -0.25) is 0 Å². The summed E-state index contributed by atoms with van der Waals surface area (Å²) in [6.07, 6.45) is 1.82. The van der Waals surface area contributed by atoms with Crippen LogP contribution in [-0.4, -0.2) is 30.3 Å². The summed E-state index contributed by atoms with van der Waals surface area (Å²) in [6, 6.07) is 9.66. The summed E-state index contributed by atoms with van der Waals surface area (Å²) in [5, 5.41) is 15.6. The first kappa shape index (κ1) is 12.5. The molecular weight excluding hydrogens is 256 g/mol. The quantitative estimate of drug-likeness (QED) is 0.702. The average molecular weight is 270 g/mol. The van der Waals surface area contributed by atoms with E-state index in [1.807, 2.05) is 30.3 Å². The van der Waals surface area contributed by atoms with Gasteiger partial charge in [-0.1, -0.05) is 30.3 Å². The lowest BCUT2D eigenvalue weighted by Crippen LogP contribution is -2.08. The second-order valence-corrected chi connectivity index (χ2v) is 4.38. The number of benzene rings is 1. The molecule has 102 valence electrons. The first-order chi connectivity index (χ1) is 9.86. The van der Waals surface area contributed by atoms with Crippen LogP contribution in [0.15, 0.2) is 34.9 Å². The minimum absolute atomic E-state index is 0.415. The van der Waals surface area contributed by atoms with Crippen LogP contribution in [0, 0.1) is 0 Å². The van der Waals surface area contributed by atoms with Gasteiger partial charge in [0, 0.05) is 12.0 Å². The maximum atomic E-state index is 5.26. The molecule has 0 atom stereocenters. The Kier molecular flexibility index (Phi) is 3.49. The van der Waals surface area contributed by atoms with Crippen LogP contribution in [0.25, 0.3) is 11.5 Å². The van der Waals surface area contributed by atoms with Crippen LogP contribution in [0.3, 0.4) is 0 Å². The molecular formula is C13H14N6O. The zero-order chi connectivity index (χ0) is 13.8. The Balaban J connectivity index is 1.79. The van der Waals surface area contributed by atoms with E-state index in [9.17, 15) is 0 Å². The zero-order valence-corrected chi connectivity index (χ0v) is 11.1. The van der Waals surface area contributed by atoms with Gasteiger partial charge in [0.15, 0.2) is 11.6 Å². The molecule has 0 N–H and O–H groups in total. The fourth-order valence-electron chi connectivity index (χ4n) is 1.90. The van der Waals surface area contributed by atoms with Gasteiger partial charge in [0.2, 0.25) is 0 Å². The van der Waals surface area contributed by atoms with Crippen molar-refractivity contribution >= 4 is 0 Å². The lowest BCUT2D eigenvalue weighted by atomic mass is 10.2. The number of nitrogens with zero attached hydrogens (tertiary/aromatic N) is 6. The van der Waals surface area contributed by atoms with Crippen molar-refractivity contribution in [2.45, 2.75) is 26.3 Å². The molecule has 0 fully saturated rings. The molecule has 3 aromatic rings. The van der Waals surface area contributed by atoms with Crippen LogP contribution in [-0.2, 0) is 13.0 Å². The van der Waals surface area contributed by atoms with Crippen LogP contribution < -0.4 is 0 Å². The van der Waals surface area contributed by atoms with Gasteiger partial charge in [0.05, 0.1) is 0 Å². The van der Waals surface area contributed by atoms with Crippen LogP contribution in [0.4, 0.5) is 0 Å². The Labute approximate surface area is 115 Å². The SMILES string of the molecule is CCCc1nnnn1Cc1noc(-c2ccccc2)n1. The molecule has 0 saturated carbocycles. The van der Waals surface area contributed by atoms with Gasteiger partial charge >= 0.3 is 0 Å².